The van der Waals surface area contributed by atoms with E-state index in [0.29, 0.717) is 23.8 Å². The number of amides is 1. The van der Waals surface area contributed by atoms with Gasteiger partial charge in [0.05, 0.1) is 27.8 Å². The Morgan fingerprint density at radius 1 is 1.07 bits per heavy atom. The molecule has 0 aliphatic carbocycles. The fourth-order valence-electron chi connectivity index (χ4n) is 3.64. The van der Waals surface area contributed by atoms with Gasteiger partial charge in [0.1, 0.15) is 5.82 Å². The van der Waals surface area contributed by atoms with Crippen molar-refractivity contribution in [1.82, 2.24) is 10.3 Å². The zero-order valence-corrected chi connectivity index (χ0v) is 17.4. The Morgan fingerprint density at radius 3 is 2.38 bits per heavy atom. The van der Waals surface area contributed by atoms with Gasteiger partial charge in [-0.25, -0.2) is 4.98 Å². The first-order chi connectivity index (χ1) is 14.2. The number of ether oxygens (including phenoxy) is 3. The third-order valence-corrected chi connectivity index (χ3v) is 5.09. The maximum Gasteiger partial charge on any atom is 0.224 e. The summed E-state index contributed by atoms with van der Waals surface area (Å²) in [4.78, 5) is 19.4. The zero-order chi connectivity index (χ0) is 20.6. The number of carbonyl (C=O) groups is 1. The Hall–Kier alpha value is -2.96. The number of nitrogens with zero attached hydrogens (tertiary/aromatic N) is 2. The molecule has 0 radical (unpaired) electrons. The summed E-state index contributed by atoms with van der Waals surface area (Å²) in [5.41, 5.74) is 1.83. The molecule has 1 N–H and O–H groups in total. The van der Waals surface area contributed by atoms with Crippen molar-refractivity contribution >= 4 is 11.7 Å². The van der Waals surface area contributed by atoms with Crippen molar-refractivity contribution < 1.29 is 19.0 Å². The number of anilines is 1. The van der Waals surface area contributed by atoms with Crippen LogP contribution in [-0.4, -0.2) is 45.3 Å². The van der Waals surface area contributed by atoms with Gasteiger partial charge in [0, 0.05) is 31.4 Å². The predicted molar refractivity (Wildman–Crippen MR) is 112 cm³/mol. The molecule has 1 fully saturated rings. The molecular weight excluding hydrogens is 370 g/mol. The van der Waals surface area contributed by atoms with Gasteiger partial charge in [0.15, 0.2) is 11.5 Å². The van der Waals surface area contributed by atoms with E-state index in [0.717, 1.165) is 30.0 Å². The topological polar surface area (TPSA) is 72.9 Å². The van der Waals surface area contributed by atoms with Gasteiger partial charge in [-0.1, -0.05) is 6.07 Å². The van der Waals surface area contributed by atoms with Crippen molar-refractivity contribution in [2.75, 3.05) is 39.3 Å². The third-order valence-electron chi connectivity index (χ3n) is 5.09. The standard InChI is InChI=1S/C22H29N3O4/c1-27-18-12-16(13-19(28-2)21(18)29-3)14-20(26)24-15-17-8-7-9-23-22(17)25-10-5-4-6-11-25/h7-9,12-13H,4-6,10-11,14-15H2,1-3H3,(H,24,26). The summed E-state index contributed by atoms with van der Waals surface area (Å²) in [7, 11) is 4.68. The molecule has 156 valence electrons. The first-order valence-corrected chi connectivity index (χ1v) is 9.90. The Labute approximate surface area is 172 Å². The van der Waals surface area contributed by atoms with Gasteiger partial charge in [-0.3, -0.25) is 4.79 Å². The van der Waals surface area contributed by atoms with E-state index in [1.807, 2.05) is 18.3 Å². The van der Waals surface area contributed by atoms with E-state index in [4.69, 9.17) is 14.2 Å². The van der Waals surface area contributed by atoms with E-state index in [2.05, 4.69) is 15.2 Å². The molecule has 2 aromatic rings. The van der Waals surface area contributed by atoms with Crippen LogP contribution in [0.15, 0.2) is 30.5 Å². The van der Waals surface area contributed by atoms with Crippen LogP contribution in [0.4, 0.5) is 5.82 Å². The molecule has 29 heavy (non-hydrogen) atoms. The maximum absolute atomic E-state index is 12.6. The summed E-state index contributed by atoms with van der Waals surface area (Å²) in [5, 5.41) is 3.01. The highest BCUT2D eigenvalue weighted by Crippen LogP contribution is 2.38. The molecular formula is C22H29N3O4. The van der Waals surface area contributed by atoms with E-state index in [1.54, 1.807) is 33.5 Å². The lowest BCUT2D eigenvalue weighted by Crippen LogP contribution is -2.32. The number of methoxy groups -OCH3 is 3. The van der Waals surface area contributed by atoms with Crippen LogP contribution >= 0.6 is 0 Å². The molecule has 1 saturated heterocycles. The molecule has 1 amide bonds. The Kier molecular flexibility index (Phi) is 7.16. The number of pyridine rings is 1. The number of aromatic nitrogens is 1. The minimum atomic E-state index is -0.0762. The van der Waals surface area contributed by atoms with Crippen LogP contribution in [0.5, 0.6) is 17.2 Å². The Morgan fingerprint density at radius 2 is 1.76 bits per heavy atom. The molecule has 0 atom stereocenters. The van der Waals surface area contributed by atoms with Gasteiger partial charge < -0.3 is 24.4 Å². The summed E-state index contributed by atoms with van der Waals surface area (Å²) in [6, 6.07) is 7.53. The lowest BCUT2D eigenvalue weighted by molar-refractivity contribution is -0.120. The largest absolute Gasteiger partial charge is 0.493 e. The van der Waals surface area contributed by atoms with Crippen LogP contribution in [0.3, 0.4) is 0 Å². The predicted octanol–water partition coefficient (Wildman–Crippen LogP) is 2.96. The maximum atomic E-state index is 12.6. The van der Waals surface area contributed by atoms with Crippen molar-refractivity contribution in [3.8, 4) is 17.2 Å². The second-order valence-corrected chi connectivity index (χ2v) is 7.02. The Balaban J connectivity index is 1.66. The van der Waals surface area contributed by atoms with Gasteiger partial charge in [-0.15, -0.1) is 0 Å². The van der Waals surface area contributed by atoms with Gasteiger partial charge in [0.2, 0.25) is 11.7 Å². The first-order valence-electron chi connectivity index (χ1n) is 9.90. The molecule has 1 aliphatic rings. The van der Waals surface area contributed by atoms with E-state index >= 15 is 0 Å². The number of rotatable bonds is 8. The van der Waals surface area contributed by atoms with Crippen LogP contribution in [0.1, 0.15) is 30.4 Å². The molecule has 7 heteroatoms. The van der Waals surface area contributed by atoms with E-state index in [1.165, 1.54) is 19.3 Å². The molecule has 7 nitrogen and oxygen atoms in total. The number of hydrogen-bond acceptors (Lipinski definition) is 6. The minimum Gasteiger partial charge on any atom is -0.493 e. The highest BCUT2D eigenvalue weighted by Gasteiger charge is 2.17. The van der Waals surface area contributed by atoms with Crippen molar-refractivity contribution in [3.05, 3.63) is 41.6 Å². The van der Waals surface area contributed by atoms with E-state index in [-0.39, 0.29) is 12.3 Å². The molecule has 0 spiro atoms. The molecule has 3 rings (SSSR count). The molecule has 0 bridgehead atoms. The number of piperidine rings is 1. The minimum absolute atomic E-state index is 0.0762. The second-order valence-electron chi connectivity index (χ2n) is 7.02. The molecule has 1 aromatic carbocycles. The Bertz CT molecular complexity index is 810. The molecule has 1 aliphatic heterocycles. The summed E-state index contributed by atoms with van der Waals surface area (Å²) in [5.74, 6) is 2.48. The summed E-state index contributed by atoms with van der Waals surface area (Å²) in [6.45, 7) is 2.48. The highest BCUT2D eigenvalue weighted by atomic mass is 16.5. The third kappa shape index (κ3) is 5.10. The first kappa shape index (κ1) is 20.8. The van der Waals surface area contributed by atoms with Crippen LogP contribution in [0.2, 0.25) is 0 Å². The molecule has 0 unspecified atom stereocenters. The smallest absolute Gasteiger partial charge is 0.224 e. The van der Waals surface area contributed by atoms with Crippen LogP contribution in [-0.2, 0) is 17.8 Å². The zero-order valence-electron chi connectivity index (χ0n) is 17.4. The van der Waals surface area contributed by atoms with E-state index < -0.39 is 0 Å². The average molecular weight is 399 g/mol. The summed E-state index contributed by atoms with van der Waals surface area (Å²) < 4.78 is 16.1. The molecule has 1 aromatic heterocycles. The number of hydrogen-bond donors (Lipinski definition) is 1. The van der Waals surface area contributed by atoms with Crippen molar-refractivity contribution in [1.29, 1.82) is 0 Å². The van der Waals surface area contributed by atoms with Crippen LogP contribution < -0.4 is 24.4 Å². The van der Waals surface area contributed by atoms with Gasteiger partial charge >= 0.3 is 0 Å². The summed E-state index contributed by atoms with van der Waals surface area (Å²) >= 11 is 0. The number of benzene rings is 1. The average Bonchev–Trinajstić information content (AvgIpc) is 2.77. The monoisotopic (exact) mass is 399 g/mol. The fourth-order valence-corrected chi connectivity index (χ4v) is 3.64. The second kappa shape index (κ2) is 10.0. The SMILES string of the molecule is COc1cc(CC(=O)NCc2cccnc2N2CCCCC2)cc(OC)c1OC. The number of nitrogens with one attached hydrogen (secondary N) is 1. The summed E-state index contributed by atoms with van der Waals surface area (Å²) in [6.07, 6.45) is 5.67. The van der Waals surface area contributed by atoms with Gasteiger partial charge in [-0.2, -0.15) is 0 Å². The quantitative estimate of drug-likeness (QED) is 0.736. The highest BCUT2D eigenvalue weighted by molar-refractivity contribution is 5.79. The van der Waals surface area contributed by atoms with Gasteiger partial charge in [-0.05, 0) is 43.0 Å². The normalized spacial score (nSPS) is 13.7. The molecule has 0 saturated carbocycles. The lowest BCUT2D eigenvalue weighted by Gasteiger charge is -2.29. The van der Waals surface area contributed by atoms with Crippen LogP contribution in [0.25, 0.3) is 0 Å². The van der Waals surface area contributed by atoms with Crippen molar-refractivity contribution in [3.63, 3.8) is 0 Å². The number of carbonyl (C=O) groups excluding carboxylic acids is 1. The van der Waals surface area contributed by atoms with E-state index in [9.17, 15) is 4.79 Å². The fraction of sp³-hybridized carbons (Fsp3) is 0.455. The van der Waals surface area contributed by atoms with Crippen molar-refractivity contribution in [2.24, 2.45) is 0 Å². The lowest BCUT2D eigenvalue weighted by atomic mass is 10.1. The van der Waals surface area contributed by atoms with Gasteiger partial charge in [0.25, 0.3) is 0 Å². The van der Waals surface area contributed by atoms with Crippen molar-refractivity contribution in [2.45, 2.75) is 32.2 Å². The van der Waals surface area contributed by atoms with Crippen LogP contribution in [0, 0.1) is 0 Å². The molecule has 2 heterocycles.